The van der Waals surface area contributed by atoms with Gasteiger partial charge in [-0.3, -0.25) is 4.79 Å². The molecule has 2 aromatic rings. The summed E-state index contributed by atoms with van der Waals surface area (Å²) in [5, 5.41) is 4.93. The second kappa shape index (κ2) is 7.82. The molecule has 0 saturated heterocycles. The average Bonchev–Trinajstić information content (AvgIpc) is 3.34. The van der Waals surface area contributed by atoms with Crippen LogP contribution in [0.4, 0.5) is 0 Å². The Morgan fingerprint density at radius 1 is 1.14 bits per heavy atom. The van der Waals surface area contributed by atoms with E-state index in [2.05, 4.69) is 12.2 Å². The van der Waals surface area contributed by atoms with Crippen molar-refractivity contribution in [3.63, 3.8) is 0 Å². The fraction of sp³-hybridized carbons (Fsp3) is 0.478. The van der Waals surface area contributed by atoms with Gasteiger partial charge in [-0.05, 0) is 66.8 Å². The zero-order valence-electron chi connectivity index (χ0n) is 16.4. The molecule has 2 saturated carbocycles. The van der Waals surface area contributed by atoms with Crippen molar-refractivity contribution in [2.75, 3.05) is 13.7 Å². The van der Waals surface area contributed by atoms with E-state index < -0.39 is 5.97 Å². The van der Waals surface area contributed by atoms with Crippen LogP contribution >= 0.6 is 0 Å². The highest BCUT2D eigenvalue weighted by Gasteiger charge is 2.42. The van der Waals surface area contributed by atoms with E-state index in [0.29, 0.717) is 17.2 Å². The summed E-state index contributed by atoms with van der Waals surface area (Å²) in [6.07, 6.45) is 5.14. The van der Waals surface area contributed by atoms with Crippen molar-refractivity contribution in [3.8, 4) is 5.75 Å². The van der Waals surface area contributed by atoms with Crippen molar-refractivity contribution in [1.82, 2.24) is 5.32 Å². The highest BCUT2D eigenvalue weighted by molar-refractivity contribution is 5.99. The van der Waals surface area contributed by atoms with Crippen molar-refractivity contribution >= 4 is 22.6 Å². The van der Waals surface area contributed by atoms with E-state index in [-0.39, 0.29) is 18.6 Å². The van der Waals surface area contributed by atoms with Crippen LogP contribution in [0.3, 0.4) is 0 Å². The summed E-state index contributed by atoms with van der Waals surface area (Å²) in [6, 6.07) is 11.4. The van der Waals surface area contributed by atoms with Gasteiger partial charge < -0.3 is 14.8 Å². The van der Waals surface area contributed by atoms with Gasteiger partial charge in [-0.25, -0.2) is 4.79 Å². The molecule has 2 aromatic carbocycles. The van der Waals surface area contributed by atoms with E-state index in [1.54, 1.807) is 6.07 Å². The molecule has 0 heterocycles. The van der Waals surface area contributed by atoms with Gasteiger partial charge in [0.15, 0.2) is 6.61 Å². The van der Waals surface area contributed by atoms with Gasteiger partial charge in [-0.15, -0.1) is 0 Å². The highest BCUT2D eigenvalue weighted by Crippen LogP contribution is 2.49. The summed E-state index contributed by atoms with van der Waals surface area (Å²) in [5.41, 5.74) is 0.329. The molecule has 0 aliphatic heterocycles. The van der Waals surface area contributed by atoms with Gasteiger partial charge in [0.05, 0.1) is 7.11 Å². The third-order valence-electron chi connectivity index (χ3n) is 6.45. The van der Waals surface area contributed by atoms with Crippen LogP contribution in [0.1, 0.15) is 43.0 Å². The highest BCUT2D eigenvalue weighted by atomic mass is 16.5. The van der Waals surface area contributed by atoms with E-state index in [1.807, 2.05) is 30.3 Å². The molecular weight excluding hydrogens is 354 g/mol. The first-order valence-corrected chi connectivity index (χ1v) is 10.1. The first-order valence-electron chi connectivity index (χ1n) is 10.1. The Kier molecular flexibility index (Phi) is 5.25. The van der Waals surface area contributed by atoms with Crippen molar-refractivity contribution in [2.45, 2.75) is 38.6 Å². The van der Waals surface area contributed by atoms with Crippen molar-refractivity contribution in [3.05, 3.63) is 42.0 Å². The lowest BCUT2D eigenvalue weighted by Crippen LogP contribution is -2.42. The van der Waals surface area contributed by atoms with Gasteiger partial charge in [0.2, 0.25) is 0 Å². The van der Waals surface area contributed by atoms with Crippen molar-refractivity contribution < 1.29 is 19.1 Å². The number of nitrogens with one attached hydrogen (secondary N) is 1. The number of hydrogen-bond acceptors (Lipinski definition) is 4. The van der Waals surface area contributed by atoms with Gasteiger partial charge in [-0.2, -0.15) is 0 Å². The van der Waals surface area contributed by atoms with Crippen LogP contribution in [-0.4, -0.2) is 31.6 Å². The van der Waals surface area contributed by atoms with Crippen LogP contribution in [0.25, 0.3) is 10.8 Å². The molecule has 5 heteroatoms. The summed E-state index contributed by atoms with van der Waals surface area (Å²) in [5.74, 6) is 1.78. The van der Waals surface area contributed by atoms with E-state index in [1.165, 1.54) is 32.8 Å². The molecule has 2 fully saturated rings. The Labute approximate surface area is 165 Å². The third kappa shape index (κ3) is 3.71. The zero-order chi connectivity index (χ0) is 19.7. The van der Waals surface area contributed by atoms with E-state index >= 15 is 0 Å². The van der Waals surface area contributed by atoms with Crippen LogP contribution in [0.15, 0.2) is 36.4 Å². The fourth-order valence-corrected chi connectivity index (χ4v) is 5.07. The number of methoxy groups -OCH3 is 1. The molecule has 2 aliphatic carbocycles. The standard InChI is InChI=1S/C23H27NO4/c1-14(19-10-15-7-8-18(19)9-15)24-22(25)13-28-23(26)20-11-16-5-3-4-6-17(16)12-21(20)27-2/h3-6,11-12,14-15,18-19H,7-10,13H2,1-2H3,(H,24,25). The molecule has 4 atom stereocenters. The molecule has 28 heavy (non-hydrogen) atoms. The second-order valence-corrected chi connectivity index (χ2v) is 8.17. The maximum Gasteiger partial charge on any atom is 0.342 e. The van der Waals surface area contributed by atoms with Gasteiger partial charge in [0.25, 0.3) is 5.91 Å². The Morgan fingerprint density at radius 3 is 2.54 bits per heavy atom. The number of amides is 1. The van der Waals surface area contributed by atoms with Gasteiger partial charge in [-0.1, -0.05) is 30.7 Å². The summed E-state index contributed by atoms with van der Waals surface area (Å²) < 4.78 is 10.6. The van der Waals surface area contributed by atoms with Crippen LogP contribution < -0.4 is 10.1 Å². The Bertz CT molecular complexity index is 893. The van der Waals surface area contributed by atoms with Gasteiger partial charge in [0, 0.05) is 6.04 Å². The van der Waals surface area contributed by atoms with E-state index in [9.17, 15) is 9.59 Å². The number of ether oxygens (including phenoxy) is 2. The summed E-state index contributed by atoms with van der Waals surface area (Å²) in [7, 11) is 1.52. The van der Waals surface area contributed by atoms with Crippen molar-refractivity contribution in [2.24, 2.45) is 17.8 Å². The maximum atomic E-state index is 12.5. The molecule has 1 amide bonds. The first kappa shape index (κ1) is 18.8. The Balaban J connectivity index is 1.36. The molecule has 1 N–H and O–H groups in total. The normalized spacial score (nSPS) is 24.1. The average molecular weight is 381 g/mol. The fourth-order valence-electron chi connectivity index (χ4n) is 5.07. The van der Waals surface area contributed by atoms with Crippen LogP contribution in [0.5, 0.6) is 5.75 Å². The zero-order valence-corrected chi connectivity index (χ0v) is 16.4. The smallest absolute Gasteiger partial charge is 0.342 e. The topological polar surface area (TPSA) is 64.6 Å². The maximum absolute atomic E-state index is 12.5. The van der Waals surface area contributed by atoms with E-state index in [4.69, 9.17) is 9.47 Å². The van der Waals surface area contributed by atoms with Crippen molar-refractivity contribution in [1.29, 1.82) is 0 Å². The SMILES string of the molecule is COc1cc2ccccc2cc1C(=O)OCC(=O)NC(C)C1CC2CCC1C2. The predicted molar refractivity (Wildman–Crippen MR) is 107 cm³/mol. The Hall–Kier alpha value is -2.56. The lowest BCUT2D eigenvalue weighted by molar-refractivity contribution is -0.125. The predicted octanol–water partition coefficient (Wildman–Crippen LogP) is 3.95. The molecule has 148 valence electrons. The number of carbonyl (C=O) groups excluding carboxylic acids is 2. The number of rotatable bonds is 6. The minimum Gasteiger partial charge on any atom is -0.496 e. The van der Waals surface area contributed by atoms with Crippen LogP contribution in [0, 0.1) is 17.8 Å². The molecule has 0 spiro atoms. The number of carbonyl (C=O) groups is 2. The minimum atomic E-state index is -0.551. The lowest BCUT2D eigenvalue weighted by Gasteiger charge is -2.28. The number of fused-ring (bicyclic) bond motifs is 3. The second-order valence-electron chi connectivity index (χ2n) is 8.17. The summed E-state index contributed by atoms with van der Waals surface area (Å²) in [6.45, 7) is 1.79. The molecule has 0 radical (unpaired) electrons. The van der Waals surface area contributed by atoms with Crippen LogP contribution in [0.2, 0.25) is 0 Å². The summed E-state index contributed by atoms with van der Waals surface area (Å²) >= 11 is 0. The molecule has 4 rings (SSSR count). The molecule has 2 aliphatic rings. The quantitative estimate of drug-likeness (QED) is 0.770. The monoisotopic (exact) mass is 381 g/mol. The number of benzene rings is 2. The third-order valence-corrected chi connectivity index (χ3v) is 6.45. The molecule has 4 unspecified atom stereocenters. The van der Waals surface area contributed by atoms with Crippen LogP contribution in [-0.2, 0) is 9.53 Å². The molecule has 0 aromatic heterocycles. The summed E-state index contributed by atoms with van der Waals surface area (Å²) in [4.78, 5) is 24.8. The van der Waals surface area contributed by atoms with Gasteiger partial charge in [0.1, 0.15) is 11.3 Å². The Morgan fingerprint density at radius 2 is 1.89 bits per heavy atom. The molecule has 5 nitrogen and oxygen atoms in total. The van der Waals surface area contributed by atoms with Gasteiger partial charge >= 0.3 is 5.97 Å². The molecular formula is C23H27NO4. The lowest BCUT2D eigenvalue weighted by atomic mass is 9.84. The minimum absolute atomic E-state index is 0.122. The first-order chi connectivity index (χ1) is 13.5. The van der Waals surface area contributed by atoms with E-state index in [0.717, 1.165) is 22.6 Å². The number of esters is 1. The largest absolute Gasteiger partial charge is 0.496 e. The molecule has 2 bridgehead atoms. The number of hydrogen-bond donors (Lipinski definition) is 1.